The van der Waals surface area contributed by atoms with Gasteiger partial charge in [0.15, 0.2) is 17.5 Å². The minimum Gasteiger partial charge on any atom is -0.208 e. The van der Waals surface area contributed by atoms with Crippen LogP contribution >= 0.6 is 11.3 Å². The second kappa shape index (κ2) is 14.5. The maximum atomic E-state index is 5.11. The van der Waals surface area contributed by atoms with Crippen LogP contribution < -0.4 is 0 Å². The van der Waals surface area contributed by atoms with Gasteiger partial charge in [-0.3, -0.25) is 0 Å². The van der Waals surface area contributed by atoms with Gasteiger partial charge < -0.3 is 0 Å². The van der Waals surface area contributed by atoms with Crippen LogP contribution in [0.4, 0.5) is 0 Å². The molecule has 0 fully saturated rings. The molecule has 0 atom stereocenters. The van der Waals surface area contributed by atoms with Crippen molar-refractivity contribution in [2.75, 3.05) is 0 Å². The first-order chi connectivity index (χ1) is 30.2. The molecule has 12 aromatic rings. The lowest BCUT2D eigenvalue weighted by Gasteiger charge is -2.12. The highest BCUT2D eigenvalue weighted by Crippen LogP contribution is 2.41. The van der Waals surface area contributed by atoms with Gasteiger partial charge in [0.05, 0.1) is 0 Å². The molecule has 0 aliphatic carbocycles. The summed E-state index contributed by atoms with van der Waals surface area (Å²) < 4.78 is 2.45. The predicted octanol–water partition coefficient (Wildman–Crippen LogP) is 15.7. The van der Waals surface area contributed by atoms with Crippen LogP contribution in [0.1, 0.15) is 0 Å². The van der Waals surface area contributed by atoms with Crippen LogP contribution in [0.3, 0.4) is 0 Å². The van der Waals surface area contributed by atoms with E-state index in [4.69, 9.17) is 15.0 Å². The number of rotatable bonds is 6. The fourth-order valence-corrected chi connectivity index (χ4v) is 9.96. The number of thiophene rings is 1. The van der Waals surface area contributed by atoms with E-state index in [2.05, 4.69) is 188 Å². The normalized spacial score (nSPS) is 11.6. The Hall–Kier alpha value is -7.79. The van der Waals surface area contributed by atoms with Crippen molar-refractivity contribution in [2.45, 2.75) is 0 Å². The Morgan fingerprint density at radius 1 is 0.213 bits per heavy atom. The van der Waals surface area contributed by atoms with Gasteiger partial charge in [-0.05, 0) is 90.0 Å². The molecule has 0 radical (unpaired) electrons. The van der Waals surface area contributed by atoms with E-state index in [0.717, 1.165) is 27.8 Å². The molecule has 2 aromatic heterocycles. The Kier molecular flexibility index (Phi) is 8.36. The van der Waals surface area contributed by atoms with Gasteiger partial charge in [0.25, 0.3) is 0 Å². The van der Waals surface area contributed by atoms with Crippen LogP contribution in [0.15, 0.2) is 212 Å². The first kappa shape index (κ1) is 35.2. The summed E-state index contributed by atoms with van der Waals surface area (Å²) >= 11 is 1.81. The molecule has 0 saturated carbocycles. The molecule has 0 aliphatic rings. The molecule has 2 heterocycles. The van der Waals surface area contributed by atoms with Crippen molar-refractivity contribution in [3.05, 3.63) is 212 Å². The molecule has 0 unspecified atom stereocenters. The van der Waals surface area contributed by atoms with E-state index in [9.17, 15) is 0 Å². The highest BCUT2D eigenvalue weighted by molar-refractivity contribution is 7.25. The van der Waals surface area contributed by atoms with Gasteiger partial charge in [-0.15, -0.1) is 11.3 Å². The van der Waals surface area contributed by atoms with Crippen LogP contribution in [0.2, 0.25) is 0 Å². The molecular weight excluding hydrogens is 759 g/mol. The summed E-state index contributed by atoms with van der Waals surface area (Å²) in [6.07, 6.45) is 0. The Labute approximate surface area is 356 Å². The quantitative estimate of drug-likeness (QED) is 0.157. The van der Waals surface area contributed by atoms with Crippen molar-refractivity contribution in [3.63, 3.8) is 0 Å². The molecular formula is C57H35N3S. The average Bonchev–Trinajstić information content (AvgIpc) is 3.72. The van der Waals surface area contributed by atoms with Crippen molar-refractivity contribution in [1.29, 1.82) is 0 Å². The third-order valence-electron chi connectivity index (χ3n) is 11.9. The molecule has 0 N–H and O–H groups in total. The highest BCUT2D eigenvalue weighted by Gasteiger charge is 2.16. The van der Waals surface area contributed by atoms with Gasteiger partial charge in [-0.2, -0.15) is 0 Å². The third kappa shape index (κ3) is 6.24. The van der Waals surface area contributed by atoms with Crippen LogP contribution in [0.25, 0.3) is 120 Å². The molecule has 0 amide bonds. The summed E-state index contributed by atoms with van der Waals surface area (Å²) in [5, 5.41) is 10.2. The Morgan fingerprint density at radius 2 is 0.574 bits per heavy atom. The molecule has 0 bridgehead atoms. The molecule has 0 aliphatic heterocycles. The van der Waals surface area contributed by atoms with E-state index in [1.165, 1.54) is 74.7 Å². The smallest absolute Gasteiger partial charge is 0.164 e. The number of hydrogen-bond acceptors (Lipinski definition) is 4. The highest BCUT2D eigenvalue weighted by atomic mass is 32.1. The first-order valence-corrected chi connectivity index (χ1v) is 21.4. The maximum Gasteiger partial charge on any atom is 0.164 e. The van der Waals surface area contributed by atoms with Gasteiger partial charge in [0, 0.05) is 36.9 Å². The molecule has 12 rings (SSSR count). The molecule has 61 heavy (non-hydrogen) atoms. The predicted molar refractivity (Wildman–Crippen MR) is 258 cm³/mol. The summed E-state index contributed by atoms with van der Waals surface area (Å²) in [6.45, 7) is 0. The Bertz CT molecular complexity index is 3580. The van der Waals surface area contributed by atoms with Crippen LogP contribution in [0, 0.1) is 0 Å². The molecule has 4 heteroatoms. The topological polar surface area (TPSA) is 38.7 Å². The second-order valence-corrected chi connectivity index (χ2v) is 16.7. The summed E-state index contributed by atoms with van der Waals surface area (Å²) in [4.78, 5) is 15.2. The number of aromatic nitrogens is 3. The standard InChI is InChI=1S/C57H35N3S/c1-3-11-36(12-4-1)37-19-21-38(22-20-37)39-23-25-41(26-24-39)56-58-55(40-13-5-2-6-14-40)59-57(60-56)44-28-31-50-52-34-43(29-32-53(52)61-54(50)35-44)42-27-30-49-47-17-8-7-15-45(47)46-16-9-10-18-48(46)51(49)33-42/h1-35H. The largest absolute Gasteiger partial charge is 0.208 e. The summed E-state index contributed by atoms with van der Waals surface area (Å²) in [5.41, 5.74) is 10.00. The van der Waals surface area contributed by atoms with Crippen molar-refractivity contribution in [3.8, 4) is 67.5 Å². The lowest BCUT2D eigenvalue weighted by Crippen LogP contribution is -2.00. The van der Waals surface area contributed by atoms with Crippen molar-refractivity contribution in [1.82, 2.24) is 15.0 Å². The first-order valence-electron chi connectivity index (χ1n) is 20.6. The van der Waals surface area contributed by atoms with E-state index in [-0.39, 0.29) is 0 Å². The van der Waals surface area contributed by atoms with Gasteiger partial charge in [0.2, 0.25) is 0 Å². The number of benzene rings is 10. The Morgan fingerprint density at radius 3 is 1.15 bits per heavy atom. The third-order valence-corrected chi connectivity index (χ3v) is 13.1. The summed E-state index contributed by atoms with van der Waals surface area (Å²) in [7, 11) is 0. The minimum atomic E-state index is 0.645. The number of nitrogens with zero attached hydrogens (tertiary/aromatic N) is 3. The number of fused-ring (bicyclic) bond motifs is 9. The zero-order valence-corrected chi connectivity index (χ0v) is 33.8. The zero-order chi connectivity index (χ0) is 40.3. The van der Waals surface area contributed by atoms with Gasteiger partial charge in [0.1, 0.15) is 0 Å². The zero-order valence-electron chi connectivity index (χ0n) is 33.0. The van der Waals surface area contributed by atoms with E-state index < -0.39 is 0 Å². The molecule has 0 spiro atoms. The number of hydrogen-bond donors (Lipinski definition) is 0. The molecule has 3 nitrogen and oxygen atoms in total. The SMILES string of the molecule is c1ccc(-c2ccc(-c3ccc(-c4nc(-c5ccccc5)nc(-c5ccc6c(c5)sc5ccc(-c7ccc8c9ccccc9c9ccccc9c8c7)cc56)n4)cc3)cc2)cc1. The second-order valence-electron chi connectivity index (χ2n) is 15.6. The van der Waals surface area contributed by atoms with Crippen LogP contribution in [0.5, 0.6) is 0 Å². The monoisotopic (exact) mass is 793 g/mol. The van der Waals surface area contributed by atoms with Gasteiger partial charge >= 0.3 is 0 Å². The van der Waals surface area contributed by atoms with Crippen LogP contribution in [-0.4, -0.2) is 15.0 Å². The van der Waals surface area contributed by atoms with Crippen LogP contribution in [-0.2, 0) is 0 Å². The Balaban J connectivity index is 0.907. The average molecular weight is 794 g/mol. The lowest BCUT2D eigenvalue weighted by atomic mass is 9.92. The summed E-state index contributed by atoms with van der Waals surface area (Å²) in [6, 6.07) is 75.9. The maximum absolute atomic E-state index is 5.11. The fraction of sp³-hybridized carbons (Fsp3) is 0. The molecule has 10 aromatic carbocycles. The van der Waals surface area contributed by atoms with Crippen molar-refractivity contribution in [2.24, 2.45) is 0 Å². The van der Waals surface area contributed by atoms with E-state index >= 15 is 0 Å². The van der Waals surface area contributed by atoms with Gasteiger partial charge in [-0.1, -0.05) is 188 Å². The van der Waals surface area contributed by atoms with E-state index in [1.807, 2.05) is 35.6 Å². The van der Waals surface area contributed by atoms with E-state index in [0.29, 0.717) is 17.5 Å². The fourth-order valence-electron chi connectivity index (χ4n) is 8.83. The summed E-state index contributed by atoms with van der Waals surface area (Å²) in [5.74, 6) is 1.95. The molecule has 284 valence electrons. The van der Waals surface area contributed by atoms with Crippen molar-refractivity contribution >= 4 is 63.8 Å². The lowest BCUT2D eigenvalue weighted by molar-refractivity contribution is 1.07. The minimum absolute atomic E-state index is 0.645. The van der Waals surface area contributed by atoms with Crippen molar-refractivity contribution < 1.29 is 0 Å². The van der Waals surface area contributed by atoms with Gasteiger partial charge in [-0.25, -0.2) is 15.0 Å². The van der Waals surface area contributed by atoms with E-state index in [1.54, 1.807) is 0 Å². The molecule has 0 saturated heterocycles.